The summed E-state index contributed by atoms with van der Waals surface area (Å²) in [6, 6.07) is 3.23. The van der Waals surface area contributed by atoms with Crippen LogP contribution in [0.4, 0.5) is 8.78 Å². The molecule has 0 atom stereocenters. The number of hydrogen-bond donors (Lipinski definition) is 2. The smallest absolute Gasteiger partial charge is 0.234 e. The Morgan fingerprint density at radius 2 is 2.15 bits per heavy atom. The lowest BCUT2D eigenvalue weighted by Crippen LogP contribution is -2.38. The zero-order valence-corrected chi connectivity index (χ0v) is 11.3. The molecule has 0 saturated carbocycles. The standard InChI is InChI=1S/C14H19F2N3O/c15-12-2-3-13(16)11(8-12)9-18-14(20)10-19-6-1-4-17-5-7-19/h2-3,8,17H,1,4-7,9-10H2,(H,18,20). The fourth-order valence-electron chi connectivity index (χ4n) is 2.19. The Hall–Kier alpha value is -1.53. The van der Waals surface area contributed by atoms with Gasteiger partial charge in [-0.15, -0.1) is 0 Å². The van der Waals surface area contributed by atoms with Crippen LogP contribution >= 0.6 is 0 Å². The molecule has 1 aromatic carbocycles. The van der Waals surface area contributed by atoms with E-state index in [-0.39, 0.29) is 18.0 Å². The van der Waals surface area contributed by atoms with Gasteiger partial charge in [0, 0.05) is 25.2 Å². The number of amides is 1. The number of hydrogen-bond acceptors (Lipinski definition) is 3. The van der Waals surface area contributed by atoms with E-state index in [4.69, 9.17) is 0 Å². The molecule has 2 N–H and O–H groups in total. The summed E-state index contributed by atoms with van der Waals surface area (Å²) in [6.45, 7) is 3.82. The highest BCUT2D eigenvalue weighted by molar-refractivity contribution is 5.78. The van der Waals surface area contributed by atoms with E-state index in [2.05, 4.69) is 15.5 Å². The van der Waals surface area contributed by atoms with Crippen LogP contribution in [-0.4, -0.2) is 43.5 Å². The molecule has 0 aliphatic carbocycles. The van der Waals surface area contributed by atoms with Crippen LogP contribution in [-0.2, 0) is 11.3 Å². The lowest BCUT2D eigenvalue weighted by molar-refractivity contribution is -0.122. The number of nitrogens with one attached hydrogen (secondary N) is 2. The molecule has 0 unspecified atom stereocenters. The lowest BCUT2D eigenvalue weighted by atomic mass is 10.2. The van der Waals surface area contributed by atoms with Gasteiger partial charge >= 0.3 is 0 Å². The summed E-state index contributed by atoms with van der Waals surface area (Å²) in [5.74, 6) is -1.18. The van der Waals surface area contributed by atoms with Crippen LogP contribution in [0.2, 0.25) is 0 Å². The molecular weight excluding hydrogens is 264 g/mol. The summed E-state index contributed by atoms with van der Waals surface area (Å²) in [4.78, 5) is 13.9. The van der Waals surface area contributed by atoms with E-state index in [1.165, 1.54) is 0 Å². The number of rotatable bonds is 4. The Kier molecular flexibility index (Phi) is 5.43. The first-order chi connectivity index (χ1) is 9.65. The number of halogens is 2. The Balaban J connectivity index is 1.81. The van der Waals surface area contributed by atoms with E-state index in [1.54, 1.807) is 0 Å². The molecule has 1 fully saturated rings. The molecule has 1 heterocycles. The molecule has 4 nitrogen and oxygen atoms in total. The largest absolute Gasteiger partial charge is 0.351 e. The van der Waals surface area contributed by atoms with E-state index < -0.39 is 11.6 Å². The average molecular weight is 283 g/mol. The van der Waals surface area contributed by atoms with Gasteiger partial charge in [0.15, 0.2) is 0 Å². The van der Waals surface area contributed by atoms with Crippen LogP contribution in [0, 0.1) is 11.6 Å². The maximum atomic E-state index is 13.4. The van der Waals surface area contributed by atoms with Gasteiger partial charge in [-0.05, 0) is 37.7 Å². The maximum Gasteiger partial charge on any atom is 0.234 e. The SMILES string of the molecule is O=C(CN1CCCNCC1)NCc1cc(F)ccc1F. The van der Waals surface area contributed by atoms with Gasteiger partial charge in [-0.2, -0.15) is 0 Å². The second-order valence-corrected chi connectivity index (χ2v) is 4.89. The predicted molar refractivity (Wildman–Crippen MR) is 72.1 cm³/mol. The van der Waals surface area contributed by atoms with Crippen LogP contribution in [0.15, 0.2) is 18.2 Å². The third-order valence-corrected chi connectivity index (χ3v) is 3.28. The molecule has 1 aliphatic rings. The van der Waals surface area contributed by atoms with E-state index in [0.717, 1.165) is 50.8 Å². The van der Waals surface area contributed by atoms with Crippen molar-refractivity contribution in [3.8, 4) is 0 Å². The molecular formula is C14H19F2N3O. The van der Waals surface area contributed by atoms with Gasteiger partial charge in [-0.25, -0.2) is 8.78 Å². The van der Waals surface area contributed by atoms with Crippen LogP contribution in [0.1, 0.15) is 12.0 Å². The van der Waals surface area contributed by atoms with Crippen molar-refractivity contribution in [3.05, 3.63) is 35.4 Å². The Morgan fingerprint density at radius 1 is 1.30 bits per heavy atom. The van der Waals surface area contributed by atoms with Crippen LogP contribution in [0.5, 0.6) is 0 Å². The van der Waals surface area contributed by atoms with Crippen LogP contribution in [0.3, 0.4) is 0 Å². The molecule has 1 saturated heterocycles. The Morgan fingerprint density at radius 3 is 3.00 bits per heavy atom. The van der Waals surface area contributed by atoms with Gasteiger partial charge in [-0.1, -0.05) is 0 Å². The number of nitrogens with zero attached hydrogens (tertiary/aromatic N) is 1. The topological polar surface area (TPSA) is 44.4 Å². The summed E-state index contributed by atoms with van der Waals surface area (Å²) in [5, 5.41) is 5.88. The highest BCUT2D eigenvalue weighted by atomic mass is 19.1. The van der Waals surface area contributed by atoms with Crippen molar-refractivity contribution in [2.24, 2.45) is 0 Å². The second kappa shape index (κ2) is 7.31. The van der Waals surface area contributed by atoms with Gasteiger partial charge < -0.3 is 10.6 Å². The highest BCUT2D eigenvalue weighted by Gasteiger charge is 2.13. The molecule has 0 aromatic heterocycles. The third-order valence-electron chi connectivity index (χ3n) is 3.28. The first-order valence-electron chi connectivity index (χ1n) is 6.79. The monoisotopic (exact) mass is 283 g/mol. The first-order valence-corrected chi connectivity index (χ1v) is 6.79. The van der Waals surface area contributed by atoms with Crippen molar-refractivity contribution < 1.29 is 13.6 Å². The summed E-state index contributed by atoms with van der Waals surface area (Å²) in [6.07, 6.45) is 1.01. The zero-order chi connectivity index (χ0) is 14.4. The van der Waals surface area contributed by atoms with Crippen molar-refractivity contribution in [1.29, 1.82) is 0 Å². The second-order valence-electron chi connectivity index (χ2n) is 4.89. The first kappa shape index (κ1) is 14.9. The molecule has 20 heavy (non-hydrogen) atoms. The average Bonchev–Trinajstić information content (AvgIpc) is 2.68. The minimum atomic E-state index is -0.509. The minimum absolute atomic E-state index is 0.00845. The Labute approximate surface area is 117 Å². The molecule has 6 heteroatoms. The van der Waals surface area contributed by atoms with Gasteiger partial charge in [0.1, 0.15) is 11.6 Å². The van der Waals surface area contributed by atoms with Crippen molar-refractivity contribution >= 4 is 5.91 Å². The van der Waals surface area contributed by atoms with Crippen molar-refractivity contribution in [3.63, 3.8) is 0 Å². The molecule has 0 spiro atoms. The van der Waals surface area contributed by atoms with Crippen LogP contribution in [0.25, 0.3) is 0 Å². The minimum Gasteiger partial charge on any atom is -0.351 e. The molecule has 1 aromatic rings. The molecule has 0 radical (unpaired) electrons. The molecule has 110 valence electrons. The third kappa shape index (κ3) is 4.54. The maximum absolute atomic E-state index is 13.4. The summed E-state index contributed by atoms with van der Waals surface area (Å²) >= 11 is 0. The molecule has 0 bridgehead atoms. The highest BCUT2D eigenvalue weighted by Crippen LogP contribution is 2.09. The fourth-order valence-corrected chi connectivity index (χ4v) is 2.19. The van der Waals surface area contributed by atoms with Crippen molar-refractivity contribution in [2.45, 2.75) is 13.0 Å². The van der Waals surface area contributed by atoms with Gasteiger partial charge in [0.05, 0.1) is 6.54 Å². The number of benzene rings is 1. The predicted octanol–water partition coefficient (Wildman–Crippen LogP) is 0.876. The lowest BCUT2D eigenvalue weighted by Gasteiger charge is -2.18. The van der Waals surface area contributed by atoms with E-state index in [1.807, 2.05) is 0 Å². The van der Waals surface area contributed by atoms with Gasteiger partial charge in [0.2, 0.25) is 5.91 Å². The molecule has 2 rings (SSSR count). The van der Waals surface area contributed by atoms with Gasteiger partial charge in [-0.3, -0.25) is 9.69 Å². The molecule has 1 aliphatic heterocycles. The van der Waals surface area contributed by atoms with E-state index in [0.29, 0.717) is 6.54 Å². The zero-order valence-electron chi connectivity index (χ0n) is 11.3. The quantitative estimate of drug-likeness (QED) is 0.862. The number of carbonyl (C=O) groups is 1. The summed E-state index contributed by atoms with van der Waals surface area (Å²) in [5.41, 5.74) is 0.163. The van der Waals surface area contributed by atoms with E-state index in [9.17, 15) is 13.6 Å². The van der Waals surface area contributed by atoms with Gasteiger partial charge in [0.25, 0.3) is 0 Å². The van der Waals surface area contributed by atoms with Crippen molar-refractivity contribution in [1.82, 2.24) is 15.5 Å². The number of carbonyl (C=O) groups excluding carboxylic acids is 1. The van der Waals surface area contributed by atoms with E-state index >= 15 is 0 Å². The molecule has 1 amide bonds. The van der Waals surface area contributed by atoms with Crippen LogP contribution < -0.4 is 10.6 Å². The van der Waals surface area contributed by atoms with Crippen molar-refractivity contribution in [2.75, 3.05) is 32.7 Å². The fraction of sp³-hybridized carbons (Fsp3) is 0.500. The summed E-state index contributed by atoms with van der Waals surface area (Å²) < 4.78 is 26.4. The Bertz CT molecular complexity index is 460. The summed E-state index contributed by atoms with van der Waals surface area (Å²) in [7, 11) is 0. The normalized spacial score (nSPS) is 16.7.